The second-order valence-electron chi connectivity index (χ2n) is 5.00. The van der Waals surface area contributed by atoms with Crippen molar-refractivity contribution in [3.8, 4) is 12.3 Å². The number of hydrogen-bond acceptors (Lipinski definition) is 5. The highest BCUT2D eigenvalue weighted by Crippen LogP contribution is 2.32. The predicted molar refractivity (Wildman–Crippen MR) is 93.5 cm³/mol. The normalized spacial score (nSPS) is 10.8. The molecule has 23 heavy (non-hydrogen) atoms. The molecule has 0 saturated heterocycles. The van der Waals surface area contributed by atoms with Crippen LogP contribution in [0.4, 0.5) is 5.82 Å². The lowest BCUT2D eigenvalue weighted by Gasteiger charge is -2.07. The van der Waals surface area contributed by atoms with Gasteiger partial charge in [-0.2, -0.15) is 0 Å². The first-order chi connectivity index (χ1) is 11.1. The molecule has 2 heterocycles. The number of aromatic nitrogens is 4. The van der Waals surface area contributed by atoms with Crippen LogP contribution in [0.25, 0.3) is 11.2 Å². The third-order valence-electron chi connectivity index (χ3n) is 3.23. The molecule has 2 N–H and O–H groups in total. The summed E-state index contributed by atoms with van der Waals surface area (Å²) in [5, 5.41) is 1.46. The van der Waals surface area contributed by atoms with Crippen molar-refractivity contribution < 1.29 is 0 Å². The molecule has 5 nitrogen and oxygen atoms in total. The minimum absolute atomic E-state index is 0.360. The van der Waals surface area contributed by atoms with Gasteiger partial charge in [-0.25, -0.2) is 15.0 Å². The van der Waals surface area contributed by atoms with Gasteiger partial charge in [-0.3, -0.25) is 0 Å². The third-order valence-corrected chi connectivity index (χ3v) is 4.41. The van der Waals surface area contributed by atoms with E-state index in [9.17, 15) is 0 Å². The number of benzene rings is 1. The first-order valence-corrected chi connectivity index (χ1v) is 8.13. The van der Waals surface area contributed by atoms with Crippen molar-refractivity contribution in [2.45, 2.75) is 29.9 Å². The summed E-state index contributed by atoms with van der Waals surface area (Å²) in [6.07, 6.45) is 7.41. The summed E-state index contributed by atoms with van der Waals surface area (Å²) >= 11 is 7.64. The molecule has 0 aliphatic rings. The highest BCUT2D eigenvalue weighted by molar-refractivity contribution is 7.99. The smallest absolute Gasteiger partial charge is 0.175 e. The molecule has 7 heteroatoms. The summed E-state index contributed by atoms with van der Waals surface area (Å²) in [6.45, 7) is 2.62. The molecular formula is C16H14ClN5S. The number of fused-ring (bicyclic) bond motifs is 1. The summed E-state index contributed by atoms with van der Waals surface area (Å²) in [7, 11) is 0. The van der Waals surface area contributed by atoms with Crippen molar-refractivity contribution in [2.24, 2.45) is 0 Å². The van der Waals surface area contributed by atoms with Crippen LogP contribution in [0.15, 0.2) is 34.6 Å². The minimum Gasteiger partial charge on any atom is -0.382 e. The van der Waals surface area contributed by atoms with Crippen LogP contribution in [0, 0.1) is 19.3 Å². The molecule has 0 atom stereocenters. The second-order valence-corrected chi connectivity index (χ2v) is 6.47. The number of halogens is 1. The Morgan fingerprint density at radius 1 is 1.35 bits per heavy atom. The lowest BCUT2D eigenvalue weighted by atomic mass is 10.2. The summed E-state index contributed by atoms with van der Waals surface area (Å²) in [6, 6.07) is 5.87. The van der Waals surface area contributed by atoms with Crippen LogP contribution < -0.4 is 5.73 Å². The number of terminal acetylenes is 1. The minimum atomic E-state index is 0.360. The van der Waals surface area contributed by atoms with E-state index in [1.807, 2.05) is 23.6 Å². The maximum absolute atomic E-state index is 6.13. The van der Waals surface area contributed by atoms with Crippen molar-refractivity contribution in [1.82, 2.24) is 19.5 Å². The molecule has 0 radical (unpaired) electrons. The van der Waals surface area contributed by atoms with Gasteiger partial charge in [0.1, 0.15) is 6.33 Å². The average molecular weight is 344 g/mol. The SMILES string of the molecule is C#CCCn1c(Sc2cc(C)cc(Cl)c2)nc2c(N)ncnc21. The maximum Gasteiger partial charge on any atom is 0.175 e. The Labute approximate surface area is 143 Å². The fourth-order valence-electron chi connectivity index (χ4n) is 2.26. The number of rotatable bonds is 4. The summed E-state index contributed by atoms with van der Waals surface area (Å²) in [4.78, 5) is 13.9. The van der Waals surface area contributed by atoms with Crippen molar-refractivity contribution in [1.29, 1.82) is 0 Å². The first-order valence-electron chi connectivity index (χ1n) is 6.93. The number of nitrogens with zero attached hydrogens (tertiary/aromatic N) is 4. The third kappa shape index (κ3) is 3.26. The van der Waals surface area contributed by atoms with E-state index >= 15 is 0 Å². The zero-order chi connectivity index (χ0) is 16.4. The van der Waals surface area contributed by atoms with E-state index in [-0.39, 0.29) is 0 Å². The van der Waals surface area contributed by atoms with E-state index in [1.54, 1.807) is 0 Å². The lowest BCUT2D eigenvalue weighted by molar-refractivity contribution is 0.664. The molecule has 0 amide bonds. The Balaban J connectivity index is 2.08. The van der Waals surface area contributed by atoms with Gasteiger partial charge >= 0.3 is 0 Å². The summed E-state index contributed by atoms with van der Waals surface area (Å²) in [5.74, 6) is 3.00. The van der Waals surface area contributed by atoms with Gasteiger partial charge < -0.3 is 10.3 Å². The maximum atomic E-state index is 6.13. The molecule has 0 aliphatic carbocycles. The van der Waals surface area contributed by atoms with Gasteiger partial charge in [0.25, 0.3) is 0 Å². The standard InChI is InChI=1S/C16H14ClN5S/c1-3-4-5-22-15-13(14(18)19-9-20-15)21-16(22)23-12-7-10(2)6-11(17)8-12/h1,6-9H,4-5H2,2H3,(H2,18,19,20). The van der Waals surface area contributed by atoms with Crippen LogP contribution in [-0.4, -0.2) is 19.5 Å². The molecule has 3 rings (SSSR count). The van der Waals surface area contributed by atoms with Gasteiger partial charge in [-0.15, -0.1) is 12.3 Å². The Kier molecular flexibility index (Phi) is 4.42. The number of hydrogen-bond donors (Lipinski definition) is 1. The summed E-state index contributed by atoms with van der Waals surface area (Å²) in [5.41, 5.74) is 8.28. The van der Waals surface area contributed by atoms with Crippen LogP contribution in [0.2, 0.25) is 5.02 Å². The van der Waals surface area contributed by atoms with E-state index in [4.69, 9.17) is 23.8 Å². The van der Waals surface area contributed by atoms with E-state index in [2.05, 4.69) is 26.9 Å². The molecule has 0 aliphatic heterocycles. The highest BCUT2D eigenvalue weighted by Gasteiger charge is 2.15. The predicted octanol–water partition coefficient (Wildman–Crippen LogP) is 3.54. The van der Waals surface area contributed by atoms with Crippen molar-refractivity contribution in [2.75, 3.05) is 5.73 Å². The number of nitrogens with two attached hydrogens (primary N) is 1. The Bertz CT molecular complexity index is 892. The molecular weight excluding hydrogens is 330 g/mol. The molecule has 0 saturated carbocycles. The topological polar surface area (TPSA) is 69.6 Å². The van der Waals surface area contributed by atoms with E-state index in [0.29, 0.717) is 35.0 Å². The fraction of sp³-hybridized carbons (Fsp3) is 0.188. The quantitative estimate of drug-likeness (QED) is 0.734. The molecule has 116 valence electrons. The van der Waals surface area contributed by atoms with Crippen molar-refractivity contribution in [3.63, 3.8) is 0 Å². The number of anilines is 1. The van der Waals surface area contributed by atoms with E-state index in [1.165, 1.54) is 18.1 Å². The molecule has 0 unspecified atom stereocenters. The van der Waals surface area contributed by atoms with Gasteiger partial charge in [0.15, 0.2) is 22.1 Å². The van der Waals surface area contributed by atoms with Gasteiger partial charge in [-0.1, -0.05) is 23.4 Å². The van der Waals surface area contributed by atoms with Crippen molar-refractivity contribution in [3.05, 3.63) is 35.1 Å². The van der Waals surface area contributed by atoms with E-state index < -0.39 is 0 Å². The van der Waals surface area contributed by atoms with Crippen LogP contribution in [-0.2, 0) is 6.54 Å². The molecule has 2 aromatic heterocycles. The Morgan fingerprint density at radius 2 is 2.17 bits per heavy atom. The number of imidazole rings is 1. The summed E-state index contributed by atoms with van der Waals surface area (Å²) < 4.78 is 1.97. The largest absolute Gasteiger partial charge is 0.382 e. The van der Waals surface area contributed by atoms with Gasteiger partial charge in [-0.05, 0) is 30.7 Å². The molecule has 0 spiro atoms. The van der Waals surface area contributed by atoms with Gasteiger partial charge in [0.2, 0.25) is 0 Å². The zero-order valence-electron chi connectivity index (χ0n) is 12.5. The average Bonchev–Trinajstić information content (AvgIpc) is 2.83. The fourth-order valence-corrected chi connectivity index (χ4v) is 3.68. The Hall–Kier alpha value is -2.23. The van der Waals surface area contributed by atoms with Gasteiger partial charge in [0, 0.05) is 22.9 Å². The number of aryl methyl sites for hydroxylation is 2. The monoisotopic (exact) mass is 343 g/mol. The van der Waals surface area contributed by atoms with E-state index in [0.717, 1.165) is 15.6 Å². The first kappa shape index (κ1) is 15.7. The Morgan fingerprint density at radius 3 is 2.91 bits per heavy atom. The van der Waals surface area contributed by atoms with Crippen LogP contribution in [0.3, 0.4) is 0 Å². The lowest BCUT2D eigenvalue weighted by Crippen LogP contribution is -2.01. The zero-order valence-corrected chi connectivity index (χ0v) is 14.0. The number of nitrogen functional groups attached to an aromatic ring is 1. The van der Waals surface area contributed by atoms with Crippen LogP contribution in [0.5, 0.6) is 0 Å². The van der Waals surface area contributed by atoms with Crippen molar-refractivity contribution >= 4 is 40.3 Å². The van der Waals surface area contributed by atoms with Crippen LogP contribution >= 0.6 is 23.4 Å². The van der Waals surface area contributed by atoms with Crippen LogP contribution in [0.1, 0.15) is 12.0 Å². The molecule has 0 bridgehead atoms. The molecule has 1 aromatic carbocycles. The highest BCUT2D eigenvalue weighted by atomic mass is 35.5. The molecule has 0 fully saturated rings. The van der Waals surface area contributed by atoms with Gasteiger partial charge in [0.05, 0.1) is 0 Å². The second kappa shape index (κ2) is 6.49. The molecule has 3 aromatic rings.